The molecule has 1 N–H and O–H groups in total. The van der Waals surface area contributed by atoms with Crippen LogP contribution >= 0.6 is 0 Å². The van der Waals surface area contributed by atoms with E-state index in [4.69, 9.17) is 4.74 Å². The van der Waals surface area contributed by atoms with E-state index in [-0.39, 0.29) is 17.9 Å². The molecule has 3 nitrogen and oxygen atoms in total. The third-order valence-corrected chi connectivity index (χ3v) is 6.10. The van der Waals surface area contributed by atoms with E-state index in [9.17, 15) is 13.9 Å². The Morgan fingerprint density at radius 2 is 1.83 bits per heavy atom. The lowest BCUT2D eigenvalue weighted by Crippen LogP contribution is -2.03. The largest absolute Gasteiger partial charge is 0.508 e. The highest BCUT2D eigenvalue weighted by Gasteiger charge is 2.45. The quantitative estimate of drug-likeness (QED) is 0.628. The van der Waals surface area contributed by atoms with Gasteiger partial charge in [-0.15, -0.1) is 0 Å². The van der Waals surface area contributed by atoms with Crippen LogP contribution in [0.5, 0.6) is 11.6 Å². The van der Waals surface area contributed by atoms with Gasteiger partial charge in [0.15, 0.2) is 0 Å². The number of aryl methyl sites for hydroxylation is 2. The molecular formula is C24H21F2NO2. The lowest BCUT2D eigenvalue weighted by Gasteiger charge is -2.14. The molecule has 1 saturated carbocycles. The van der Waals surface area contributed by atoms with Crippen molar-refractivity contribution in [3.8, 4) is 22.8 Å². The highest BCUT2D eigenvalue weighted by molar-refractivity contribution is 5.73. The molecule has 0 amide bonds. The van der Waals surface area contributed by atoms with Crippen molar-refractivity contribution in [1.82, 2.24) is 4.98 Å². The van der Waals surface area contributed by atoms with Crippen molar-refractivity contribution < 1.29 is 18.6 Å². The van der Waals surface area contributed by atoms with Gasteiger partial charge < -0.3 is 9.84 Å². The summed E-state index contributed by atoms with van der Waals surface area (Å²) in [6, 6.07) is 7.46. The Balaban J connectivity index is 1.43. The minimum absolute atomic E-state index is 0.0338. The number of ether oxygens (including phenoxy) is 1. The van der Waals surface area contributed by atoms with Gasteiger partial charge in [0, 0.05) is 29.5 Å². The molecule has 1 heterocycles. The first-order valence-electron chi connectivity index (χ1n) is 9.81. The molecule has 1 fully saturated rings. The van der Waals surface area contributed by atoms with Crippen LogP contribution in [-0.2, 0) is 13.0 Å². The Morgan fingerprint density at radius 1 is 1.07 bits per heavy atom. The van der Waals surface area contributed by atoms with E-state index in [1.807, 2.05) is 12.3 Å². The Morgan fingerprint density at radius 3 is 2.59 bits per heavy atom. The number of hydrogen-bond acceptors (Lipinski definition) is 3. The first kappa shape index (κ1) is 18.1. The van der Waals surface area contributed by atoms with Crippen molar-refractivity contribution >= 4 is 0 Å². The number of nitrogens with zero attached hydrogens (tertiary/aromatic N) is 1. The average molecular weight is 393 g/mol. The van der Waals surface area contributed by atoms with Gasteiger partial charge in [0.05, 0.1) is 0 Å². The summed E-state index contributed by atoms with van der Waals surface area (Å²) in [5.41, 5.74) is 5.23. The van der Waals surface area contributed by atoms with Crippen molar-refractivity contribution in [2.75, 3.05) is 0 Å². The summed E-state index contributed by atoms with van der Waals surface area (Å²) in [5.74, 6) is 0.722. The number of phenols is 1. The summed E-state index contributed by atoms with van der Waals surface area (Å²) in [6.45, 7) is 3.55. The van der Waals surface area contributed by atoms with E-state index >= 15 is 0 Å². The van der Waals surface area contributed by atoms with E-state index in [1.54, 1.807) is 26.0 Å². The fourth-order valence-corrected chi connectivity index (χ4v) is 4.63. The number of fused-ring (bicyclic) bond motifs is 3. The average Bonchev–Trinajstić information content (AvgIpc) is 3.32. The molecule has 3 aromatic rings. The predicted molar refractivity (Wildman–Crippen MR) is 106 cm³/mol. The summed E-state index contributed by atoms with van der Waals surface area (Å²) >= 11 is 0. The van der Waals surface area contributed by atoms with Gasteiger partial charge in [-0.2, -0.15) is 0 Å². The van der Waals surface area contributed by atoms with Crippen molar-refractivity contribution in [2.45, 2.75) is 39.2 Å². The van der Waals surface area contributed by atoms with Gasteiger partial charge in [0.2, 0.25) is 5.88 Å². The highest BCUT2D eigenvalue weighted by atomic mass is 19.1. The molecule has 0 bridgehead atoms. The van der Waals surface area contributed by atoms with Crippen molar-refractivity contribution in [1.29, 1.82) is 0 Å². The lowest BCUT2D eigenvalue weighted by molar-refractivity contribution is 0.287. The summed E-state index contributed by atoms with van der Waals surface area (Å²) in [7, 11) is 0. The molecule has 0 aliphatic heterocycles. The number of pyridine rings is 1. The number of halogens is 2. The second kappa shape index (κ2) is 6.55. The van der Waals surface area contributed by atoms with Crippen LogP contribution in [-0.4, -0.2) is 10.1 Å². The van der Waals surface area contributed by atoms with Crippen LogP contribution < -0.4 is 4.74 Å². The van der Waals surface area contributed by atoms with E-state index in [2.05, 4.69) is 4.98 Å². The third-order valence-electron chi connectivity index (χ3n) is 6.10. The van der Waals surface area contributed by atoms with Crippen molar-refractivity contribution in [3.05, 3.63) is 76.0 Å². The third kappa shape index (κ3) is 3.15. The molecule has 148 valence electrons. The minimum atomic E-state index is -0.650. The molecule has 29 heavy (non-hydrogen) atoms. The van der Waals surface area contributed by atoms with E-state index in [1.165, 1.54) is 23.6 Å². The molecule has 2 unspecified atom stereocenters. The predicted octanol–water partition coefficient (Wildman–Crippen LogP) is 5.59. The molecule has 0 spiro atoms. The molecule has 0 saturated heterocycles. The second-order valence-corrected chi connectivity index (χ2v) is 8.19. The van der Waals surface area contributed by atoms with Gasteiger partial charge in [0.25, 0.3) is 0 Å². The topological polar surface area (TPSA) is 42.4 Å². The maximum absolute atomic E-state index is 14.6. The van der Waals surface area contributed by atoms with Crippen molar-refractivity contribution in [3.63, 3.8) is 0 Å². The van der Waals surface area contributed by atoms with E-state index in [0.717, 1.165) is 29.5 Å². The Labute approximate surface area is 168 Å². The molecule has 2 aromatic carbocycles. The lowest BCUT2D eigenvalue weighted by atomic mass is 9.93. The van der Waals surface area contributed by atoms with Crippen LogP contribution in [0.4, 0.5) is 8.78 Å². The normalized spacial score (nSPS) is 19.0. The summed E-state index contributed by atoms with van der Waals surface area (Å²) in [5, 5.41) is 9.75. The maximum atomic E-state index is 14.6. The zero-order valence-corrected chi connectivity index (χ0v) is 16.3. The van der Waals surface area contributed by atoms with Crippen LogP contribution in [0, 0.1) is 31.4 Å². The highest BCUT2D eigenvalue weighted by Crippen LogP contribution is 2.56. The number of aromatic nitrogens is 1. The van der Waals surface area contributed by atoms with Crippen LogP contribution in [0.3, 0.4) is 0 Å². The molecule has 2 aliphatic carbocycles. The summed E-state index contributed by atoms with van der Waals surface area (Å²) in [6.07, 6.45) is 4.19. The van der Waals surface area contributed by atoms with Gasteiger partial charge >= 0.3 is 0 Å². The van der Waals surface area contributed by atoms with Crippen LogP contribution in [0.15, 0.2) is 36.5 Å². The molecule has 0 radical (unpaired) electrons. The number of aromatic hydroxyl groups is 1. The zero-order valence-electron chi connectivity index (χ0n) is 16.3. The number of hydrogen-bond donors (Lipinski definition) is 1. The first-order chi connectivity index (χ1) is 13.9. The monoisotopic (exact) mass is 393 g/mol. The molecule has 1 aromatic heterocycles. The Bertz CT molecular complexity index is 1120. The number of phenolic OH excluding ortho intramolecular Hbond substituents is 1. The smallest absolute Gasteiger partial charge is 0.213 e. The summed E-state index contributed by atoms with van der Waals surface area (Å²) < 4.78 is 34.7. The molecule has 2 atom stereocenters. The maximum Gasteiger partial charge on any atom is 0.213 e. The van der Waals surface area contributed by atoms with Crippen LogP contribution in [0.2, 0.25) is 0 Å². The van der Waals surface area contributed by atoms with E-state index < -0.39 is 11.6 Å². The van der Waals surface area contributed by atoms with E-state index in [0.29, 0.717) is 22.9 Å². The van der Waals surface area contributed by atoms with Gasteiger partial charge in [-0.3, -0.25) is 0 Å². The molecule has 5 rings (SSSR count). The minimum Gasteiger partial charge on any atom is -0.508 e. The molecule has 2 aliphatic rings. The van der Waals surface area contributed by atoms with Gasteiger partial charge in [-0.05, 0) is 84.5 Å². The van der Waals surface area contributed by atoms with Gasteiger partial charge in [-0.1, -0.05) is 0 Å². The Hall–Kier alpha value is -2.95. The van der Waals surface area contributed by atoms with Crippen molar-refractivity contribution in [2.24, 2.45) is 5.92 Å². The first-order valence-corrected chi connectivity index (χ1v) is 9.81. The fraction of sp³-hybridized carbons (Fsp3) is 0.292. The summed E-state index contributed by atoms with van der Waals surface area (Å²) in [4.78, 5) is 4.36. The zero-order chi connectivity index (χ0) is 20.3. The van der Waals surface area contributed by atoms with Crippen LogP contribution in [0.25, 0.3) is 11.1 Å². The standard InChI is InChI=1S/C24H21F2NO2/c1-12-3-17(28)4-13(2)24(12)19-7-16(21(25)9-22(19)26)11-29-23-8-15-5-14-6-18(14)20(15)10-27-23/h3-4,7-10,14,18,28H,5-6,11H2,1-2H3. The van der Waals surface area contributed by atoms with Gasteiger partial charge in [-0.25, -0.2) is 13.8 Å². The number of benzene rings is 2. The van der Waals surface area contributed by atoms with Gasteiger partial charge in [0.1, 0.15) is 24.0 Å². The Kier molecular flexibility index (Phi) is 4.09. The SMILES string of the molecule is Cc1cc(O)cc(C)c1-c1cc(COc2cc3c(cn2)C2CC2C3)c(F)cc1F. The molecular weight excluding hydrogens is 372 g/mol. The second-order valence-electron chi connectivity index (χ2n) is 8.19. The fourth-order valence-electron chi connectivity index (χ4n) is 4.63. The molecule has 5 heteroatoms. The van der Waals surface area contributed by atoms with Crippen LogP contribution in [0.1, 0.15) is 40.2 Å². The number of rotatable bonds is 4.